The molecule has 4 aromatic rings. The number of ether oxygens (including phenoxy) is 1. The molecular weight excluding hydrogens is 337 g/mol. The van der Waals surface area contributed by atoms with Crippen LogP contribution in [0.2, 0.25) is 0 Å². The maximum atomic E-state index is 13.2. The van der Waals surface area contributed by atoms with Crippen LogP contribution in [0.15, 0.2) is 71.5 Å². The largest absolute Gasteiger partial charge is 0.463 e. The quantitative estimate of drug-likeness (QED) is 0.591. The summed E-state index contributed by atoms with van der Waals surface area (Å²) in [6.07, 6.45) is 2.85. The zero-order chi connectivity index (χ0) is 17.9. The van der Waals surface area contributed by atoms with Gasteiger partial charge in [-0.05, 0) is 30.3 Å². The standard InChI is InChI=1S/C19H12FN3O3/c20-12-6-7-15-16(11-25-17(15)9-12)19(24)22-13-3-1-4-14(10-13)26-18-5-2-8-21-23-18/h1-11H,(H,22,24). The Morgan fingerprint density at radius 2 is 2.04 bits per heavy atom. The Morgan fingerprint density at radius 1 is 1.12 bits per heavy atom. The summed E-state index contributed by atoms with van der Waals surface area (Å²) in [5.74, 6) is 0.0564. The Hall–Kier alpha value is -3.74. The molecule has 0 aliphatic rings. The lowest BCUT2D eigenvalue weighted by Gasteiger charge is -2.07. The fourth-order valence-electron chi connectivity index (χ4n) is 2.48. The van der Waals surface area contributed by atoms with E-state index in [1.165, 1.54) is 24.5 Å². The minimum atomic E-state index is -0.423. The summed E-state index contributed by atoms with van der Waals surface area (Å²) in [4.78, 5) is 12.5. The van der Waals surface area contributed by atoms with Crippen molar-refractivity contribution < 1.29 is 18.3 Å². The molecule has 1 amide bonds. The molecule has 0 bridgehead atoms. The monoisotopic (exact) mass is 349 g/mol. The van der Waals surface area contributed by atoms with Crippen LogP contribution in [0.5, 0.6) is 11.6 Å². The van der Waals surface area contributed by atoms with Crippen LogP contribution in [0.4, 0.5) is 10.1 Å². The predicted octanol–water partition coefficient (Wildman–Crippen LogP) is 4.41. The molecule has 6 nitrogen and oxygen atoms in total. The molecule has 2 aromatic carbocycles. The van der Waals surface area contributed by atoms with Crippen molar-refractivity contribution in [1.29, 1.82) is 0 Å². The van der Waals surface area contributed by atoms with Crippen molar-refractivity contribution >= 4 is 22.6 Å². The molecule has 2 aromatic heterocycles. The molecule has 0 atom stereocenters. The number of nitrogens with zero attached hydrogens (tertiary/aromatic N) is 2. The molecular formula is C19H12FN3O3. The van der Waals surface area contributed by atoms with Gasteiger partial charge in [-0.15, -0.1) is 5.10 Å². The molecule has 0 radical (unpaired) electrons. The zero-order valence-electron chi connectivity index (χ0n) is 13.3. The maximum absolute atomic E-state index is 13.2. The van der Waals surface area contributed by atoms with Crippen LogP contribution in [-0.2, 0) is 0 Å². The molecule has 2 heterocycles. The summed E-state index contributed by atoms with van der Waals surface area (Å²) in [5, 5.41) is 10.9. The molecule has 0 aliphatic carbocycles. The highest BCUT2D eigenvalue weighted by atomic mass is 19.1. The van der Waals surface area contributed by atoms with E-state index >= 15 is 0 Å². The van der Waals surface area contributed by atoms with Gasteiger partial charge in [0, 0.05) is 35.5 Å². The van der Waals surface area contributed by atoms with Crippen molar-refractivity contribution in [2.24, 2.45) is 0 Å². The van der Waals surface area contributed by atoms with Crippen molar-refractivity contribution in [3.8, 4) is 11.6 Å². The SMILES string of the molecule is O=C(Nc1cccc(Oc2cccnn2)c1)c1coc2cc(F)ccc12. The van der Waals surface area contributed by atoms with Gasteiger partial charge in [-0.2, -0.15) is 5.10 Å². The van der Waals surface area contributed by atoms with Crippen LogP contribution in [0, 0.1) is 5.82 Å². The molecule has 128 valence electrons. The minimum Gasteiger partial charge on any atom is -0.463 e. The van der Waals surface area contributed by atoms with E-state index in [1.807, 2.05) is 0 Å². The number of hydrogen-bond donors (Lipinski definition) is 1. The van der Waals surface area contributed by atoms with Gasteiger partial charge in [0.1, 0.15) is 23.4 Å². The van der Waals surface area contributed by atoms with Gasteiger partial charge in [-0.3, -0.25) is 4.79 Å². The summed E-state index contributed by atoms with van der Waals surface area (Å²) in [5.41, 5.74) is 1.17. The number of furan rings is 1. The van der Waals surface area contributed by atoms with Crippen molar-refractivity contribution in [3.63, 3.8) is 0 Å². The van der Waals surface area contributed by atoms with E-state index in [1.54, 1.807) is 42.6 Å². The van der Waals surface area contributed by atoms with Gasteiger partial charge in [0.05, 0.1) is 5.56 Å². The van der Waals surface area contributed by atoms with E-state index in [0.29, 0.717) is 33.8 Å². The molecule has 26 heavy (non-hydrogen) atoms. The number of carbonyl (C=O) groups is 1. The summed E-state index contributed by atoms with van der Waals surface area (Å²) in [6.45, 7) is 0. The van der Waals surface area contributed by atoms with E-state index < -0.39 is 5.82 Å². The van der Waals surface area contributed by atoms with Crippen LogP contribution in [-0.4, -0.2) is 16.1 Å². The van der Waals surface area contributed by atoms with Crippen molar-refractivity contribution in [2.45, 2.75) is 0 Å². The lowest BCUT2D eigenvalue weighted by molar-refractivity contribution is 0.102. The number of benzene rings is 2. The van der Waals surface area contributed by atoms with Gasteiger partial charge in [0.15, 0.2) is 0 Å². The first-order valence-electron chi connectivity index (χ1n) is 7.73. The highest BCUT2D eigenvalue weighted by Gasteiger charge is 2.14. The summed E-state index contributed by atoms with van der Waals surface area (Å²) >= 11 is 0. The highest BCUT2D eigenvalue weighted by molar-refractivity contribution is 6.12. The summed E-state index contributed by atoms with van der Waals surface area (Å²) in [7, 11) is 0. The van der Waals surface area contributed by atoms with Gasteiger partial charge in [0.25, 0.3) is 5.91 Å². The minimum absolute atomic E-state index is 0.315. The lowest BCUT2D eigenvalue weighted by Crippen LogP contribution is -2.11. The number of fused-ring (bicyclic) bond motifs is 1. The lowest BCUT2D eigenvalue weighted by atomic mass is 10.1. The van der Waals surface area contributed by atoms with Gasteiger partial charge in [-0.1, -0.05) is 6.07 Å². The molecule has 0 unspecified atom stereocenters. The fraction of sp³-hybridized carbons (Fsp3) is 0. The van der Waals surface area contributed by atoms with Crippen molar-refractivity contribution in [1.82, 2.24) is 10.2 Å². The predicted molar refractivity (Wildman–Crippen MR) is 92.7 cm³/mol. The topological polar surface area (TPSA) is 77.2 Å². The molecule has 0 aliphatic heterocycles. The third kappa shape index (κ3) is 3.23. The molecule has 7 heteroatoms. The Morgan fingerprint density at radius 3 is 2.88 bits per heavy atom. The van der Waals surface area contributed by atoms with Crippen LogP contribution >= 0.6 is 0 Å². The second-order valence-electron chi connectivity index (χ2n) is 5.44. The average molecular weight is 349 g/mol. The second-order valence-corrected chi connectivity index (χ2v) is 5.44. The molecule has 4 rings (SSSR count). The number of amides is 1. The fourth-order valence-corrected chi connectivity index (χ4v) is 2.48. The number of aromatic nitrogens is 2. The highest BCUT2D eigenvalue weighted by Crippen LogP contribution is 2.25. The van der Waals surface area contributed by atoms with E-state index in [9.17, 15) is 9.18 Å². The number of carbonyl (C=O) groups excluding carboxylic acids is 1. The third-order valence-electron chi connectivity index (χ3n) is 3.64. The molecule has 1 N–H and O–H groups in total. The first-order chi connectivity index (χ1) is 12.7. The van der Waals surface area contributed by atoms with Crippen LogP contribution in [0.25, 0.3) is 11.0 Å². The van der Waals surface area contributed by atoms with E-state index in [2.05, 4.69) is 15.5 Å². The van der Waals surface area contributed by atoms with E-state index in [-0.39, 0.29) is 5.91 Å². The summed E-state index contributed by atoms with van der Waals surface area (Å²) < 4.78 is 24.1. The molecule has 0 fully saturated rings. The van der Waals surface area contributed by atoms with Gasteiger partial charge >= 0.3 is 0 Å². The molecule has 0 spiro atoms. The van der Waals surface area contributed by atoms with Crippen molar-refractivity contribution in [2.75, 3.05) is 5.32 Å². The van der Waals surface area contributed by atoms with Crippen LogP contribution in [0.1, 0.15) is 10.4 Å². The average Bonchev–Trinajstić information content (AvgIpc) is 3.06. The normalized spacial score (nSPS) is 10.7. The van der Waals surface area contributed by atoms with Gasteiger partial charge in [0.2, 0.25) is 5.88 Å². The van der Waals surface area contributed by atoms with Gasteiger partial charge in [-0.25, -0.2) is 4.39 Å². The molecule has 0 saturated carbocycles. The van der Waals surface area contributed by atoms with Gasteiger partial charge < -0.3 is 14.5 Å². The Kier molecular flexibility index (Phi) is 4.03. The maximum Gasteiger partial charge on any atom is 0.259 e. The number of rotatable bonds is 4. The zero-order valence-corrected chi connectivity index (χ0v) is 13.3. The first-order valence-corrected chi connectivity index (χ1v) is 7.73. The van der Waals surface area contributed by atoms with Crippen molar-refractivity contribution in [3.05, 3.63) is 78.4 Å². The Labute approximate surface area is 147 Å². The smallest absolute Gasteiger partial charge is 0.259 e. The number of halogens is 1. The Balaban J connectivity index is 1.55. The number of anilines is 1. The number of hydrogen-bond acceptors (Lipinski definition) is 5. The van der Waals surface area contributed by atoms with E-state index in [4.69, 9.17) is 9.15 Å². The number of nitrogens with one attached hydrogen (secondary N) is 1. The third-order valence-corrected chi connectivity index (χ3v) is 3.64. The Bertz CT molecular complexity index is 1080. The van der Waals surface area contributed by atoms with Crippen LogP contribution in [0.3, 0.4) is 0 Å². The van der Waals surface area contributed by atoms with Crippen LogP contribution < -0.4 is 10.1 Å². The molecule has 0 saturated heterocycles. The first kappa shape index (κ1) is 15.8. The van der Waals surface area contributed by atoms with E-state index in [0.717, 1.165) is 0 Å². The summed E-state index contributed by atoms with van der Waals surface area (Å²) in [6, 6.07) is 14.3. The second kappa shape index (κ2) is 6.64.